The van der Waals surface area contributed by atoms with Crippen molar-refractivity contribution >= 4 is 5.95 Å². The Bertz CT molecular complexity index is 438. The Morgan fingerprint density at radius 3 is 2.84 bits per heavy atom. The monoisotopic (exact) mass is 268 g/mol. The Morgan fingerprint density at radius 2 is 2.32 bits per heavy atom. The van der Waals surface area contributed by atoms with Gasteiger partial charge in [-0.25, -0.2) is 14.4 Å². The summed E-state index contributed by atoms with van der Waals surface area (Å²) in [5, 5.41) is 9.44. The van der Waals surface area contributed by atoms with Gasteiger partial charge < -0.3 is 20.5 Å². The summed E-state index contributed by atoms with van der Waals surface area (Å²) in [6.45, 7) is 1.48. The van der Waals surface area contributed by atoms with E-state index in [1.165, 1.54) is 12.4 Å². The van der Waals surface area contributed by atoms with Crippen LogP contribution in [0.4, 0.5) is 10.3 Å². The van der Waals surface area contributed by atoms with Crippen molar-refractivity contribution in [3.63, 3.8) is 0 Å². The summed E-state index contributed by atoms with van der Waals surface area (Å²) in [5.41, 5.74) is 5.68. The summed E-state index contributed by atoms with van der Waals surface area (Å²) in [4.78, 5) is 10.2. The third-order valence-corrected chi connectivity index (χ3v) is 2.90. The van der Waals surface area contributed by atoms with Crippen LogP contribution in [0.5, 0.6) is 5.75 Å². The van der Waals surface area contributed by atoms with Crippen molar-refractivity contribution in [2.45, 2.75) is 12.5 Å². The van der Waals surface area contributed by atoms with Crippen LogP contribution < -0.4 is 15.4 Å². The summed E-state index contributed by atoms with van der Waals surface area (Å²) < 4.78 is 17.6. The summed E-state index contributed by atoms with van der Waals surface area (Å²) in [7, 11) is 0. The minimum atomic E-state index is -0.318. The molecule has 1 aliphatic rings. The quantitative estimate of drug-likeness (QED) is 0.795. The molecule has 1 aromatic rings. The van der Waals surface area contributed by atoms with Gasteiger partial charge in [0.05, 0.1) is 24.8 Å². The number of nitrogens with two attached hydrogens (primary N) is 1. The van der Waals surface area contributed by atoms with Crippen LogP contribution in [0.3, 0.4) is 0 Å². The van der Waals surface area contributed by atoms with Gasteiger partial charge >= 0.3 is 0 Å². The molecule has 2 heterocycles. The Morgan fingerprint density at radius 1 is 1.58 bits per heavy atom. The highest BCUT2D eigenvalue weighted by molar-refractivity contribution is 5.33. The molecule has 6 nitrogen and oxygen atoms in total. The third kappa shape index (κ3) is 3.62. The minimum absolute atomic E-state index is 0.0815. The SMILES string of the molecule is NC/C(=C\F)COc1cnc(N2CC[C@H](O)C2)nc1. The zero-order valence-corrected chi connectivity index (χ0v) is 10.5. The van der Waals surface area contributed by atoms with Crippen LogP contribution >= 0.6 is 0 Å². The molecule has 0 bridgehead atoms. The average molecular weight is 268 g/mol. The van der Waals surface area contributed by atoms with Crippen molar-refractivity contribution in [1.82, 2.24) is 9.97 Å². The topological polar surface area (TPSA) is 84.5 Å². The lowest BCUT2D eigenvalue weighted by molar-refractivity contribution is 0.198. The van der Waals surface area contributed by atoms with Gasteiger partial charge in [0.25, 0.3) is 0 Å². The number of aromatic nitrogens is 2. The molecule has 0 saturated carbocycles. The van der Waals surface area contributed by atoms with Crippen LogP contribution in [-0.2, 0) is 0 Å². The van der Waals surface area contributed by atoms with Gasteiger partial charge in [0.15, 0.2) is 5.75 Å². The number of ether oxygens (including phenoxy) is 1. The first kappa shape index (κ1) is 13.7. The smallest absolute Gasteiger partial charge is 0.225 e. The number of rotatable bonds is 5. The first-order valence-corrected chi connectivity index (χ1v) is 6.09. The summed E-state index contributed by atoms with van der Waals surface area (Å²) in [5.74, 6) is 1.01. The number of hydrogen-bond acceptors (Lipinski definition) is 6. The molecule has 1 aromatic heterocycles. The summed E-state index contributed by atoms with van der Waals surface area (Å²) in [6.07, 6.45) is 3.91. The first-order chi connectivity index (χ1) is 9.22. The molecule has 1 atom stereocenters. The molecule has 0 aromatic carbocycles. The van der Waals surface area contributed by atoms with E-state index in [1.54, 1.807) is 0 Å². The third-order valence-electron chi connectivity index (χ3n) is 2.90. The van der Waals surface area contributed by atoms with Crippen molar-refractivity contribution in [2.75, 3.05) is 31.1 Å². The predicted molar refractivity (Wildman–Crippen MR) is 68.6 cm³/mol. The van der Waals surface area contributed by atoms with E-state index in [4.69, 9.17) is 10.5 Å². The van der Waals surface area contributed by atoms with Crippen molar-refractivity contribution in [3.05, 3.63) is 24.3 Å². The van der Waals surface area contributed by atoms with Gasteiger partial charge in [-0.05, 0) is 6.42 Å². The molecule has 104 valence electrons. The van der Waals surface area contributed by atoms with Gasteiger partial charge in [0.2, 0.25) is 5.95 Å². The van der Waals surface area contributed by atoms with Crippen molar-refractivity contribution in [2.24, 2.45) is 5.73 Å². The number of aliphatic hydroxyl groups is 1. The molecule has 0 aliphatic carbocycles. The highest BCUT2D eigenvalue weighted by Gasteiger charge is 2.22. The number of halogens is 1. The zero-order chi connectivity index (χ0) is 13.7. The standard InChI is InChI=1S/C12H17FN4O2/c13-3-9(4-14)8-19-11-5-15-12(16-6-11)17-2-1-10(18)7-17/h3,5-6,10,18H,1-2,4,7-8,14H2/b9-3+/t10-/m0/s1. The molecule has 0 radical (unpaired) electrons. The van der Waals surface area contributed by atoms with E-state index in [9.17, 15) is 9.50 Å². The van der Waals surface area contributed by atoms with Crippen molar-refractivity contribution in [1.29, 1.82) is 0 Å². The number of aliphatic hydroxyl groups excluding tert-OH is 1. The predicted octanol–water partition coefficient (Wildman–Crippen LogP) is 0.238. The second kappa shape index (κ2) is 6.44. The molecule has 19 heavy (non-hydrogen) atoms. The van der Waals surface area contributed by atoms with Crippen LogP contribution in [-0.4, -0.2) is 47.4 Å². The van der Waals surface area contributed by atoms with Crippen LogP contribution in [0, 0.1) is 0 Å². The summed E-state index contributed by atoms with van der Waals surface area (Å²) >= 11 is 0. The molecule has 1 saturated heterocycles. The van der Waals surface area contributed by atoms with Crippen LogP contribution in [0.25, 0.3) is 0 Å². The van der Waals surface area contributed by atoms with E-state index in [0.29, 0.717) is 30.1 Å². The average Bonchev–Trinajstić information content (AvgIpc) is 2.87. The molecule has 1 fully saturated rings. The molecule has 0 spiro atoms. The molecule has 1 aliphatic heterocycles. The van der Waals surface area contributed by atoms with Gasteiger partial charge in [-0.3, -0.25) is 0 Å². The highest BCUT2D eigenvalue weighted by Crippen LogP contribution is 2.17. The first-order valence-electron chi connectivity index (χ1n) is 6.09. The Balaban J connectivity index is 1.91. The van der Waals surface area contributed by atoms with E-state index < -0.39 is 0 Å². The highest BCUT2D eigenvalue weighted by atomic mass is 19.1. The van der Waals surface area contributed by atoms with Crippen molar-refractivity contribution < 1.29 is 14.2 Å². The largest absolute Gasteiger partial charge is 0.486 e. The molecular formula is C12H17FN4O2. The normalized spacial score (nSPS) is 19.8. The van der Waals surface area contributed by atoms with Gasteiger partial charge in [0.1, 0.15) is 6.61 Å². The van der Waals surface area contributed by atoms with Crippen LogP contribution in [0.2, 0.25) is 0 Å². The lowest BCUT2D eigenvalue weighted by Gasteiger charge is -2.15. The Labute approximate surface area is 110 Å². The molecule has 0 unspecified atom stereocenters. The second-order valence-corrected chi connectivity index (χ2v) is 4.37. The maximum absolute atomic E-state index is 12.3. The van der Waals surface area contributed by atoms with E-state index in [-0.39, 0.29) is 19.3 Å². The van der Waals surface area contributed by atoms with Gasteiger partial charge in [-0.15, -0.1) is 0 Å². The maximum atomic E-state index is 12.3. The number of hydrogen-bond donors (Lipinski definition) is 2. The van der Waals surface area contributed by atoms with Crippen molar-refractivity contribution in [3.8, 4) is 5.75 Å². The van der Waals surface area contributed by atoms with E-state index in [0.717, 1.165) is 13.0 Å². The zero-order valence-electron chi connectivity index (χ0n) is 10.5. The second-order valence-electron chi connectivity index (χ2n) is 4.37. The number of nitrogens with zero attached hydrogens (tertiary/aromatic N) is 3. The molecule has 0 amide bonds. The molecule has 7 heteroatoms. The fraction of sp³-hybridized carbons (Fsp3) is 0.500. The van der Waals surface area contributed by atoms with Gasteiger partial charge in [-0.2, -0.15) is 0 Å². The van der Waals surface area contributed by atoms with E-state index in [1.807, 2.05) is 4.90 Å². The van der Waals surface area contributed by atoms with E-state index in [2.05, 4.69) is 9.97 Å². The Hall–Kier alpha value is -1.73. The number of anilines is 1. The molecule has 3 N–H and O–H groups in total. The number of β-amino-alcohol motifs (C(OH)–C–C–N with tert-alkyl or cyclic N) is 1. The lowest BCUT2D eigenvalue weighted by atomic mass is 10.3. The lowest BCUT2D eigenvalue weighted by Crippen LogP contribution is -2.23. The van der Waals surface area contributed by atoms with Gasteiger partial charge in [0, 0.05) is 25.2 Å². The fourth-order valence-corrected chi connectivity index (χ4v) is 1.78. The maximum Gasteiger partial charge on any atom is 0.225 e. The molecular weight excluding hydrogens is 251 g/mol. The van der Waals surface area contributed by atoms with Gasteiger partial charge in [-0.1, -0.05) is 0 Å². The minimum Gasteiger partial charge on any atom is -0.486 e. The van der Waals surface area contributed by atoms with Crippen LogP contribution in [0.15, 0.2) is 24.3 Å². The fourth-order valence-electron chi connectivity index (χ4n) is 1.78. The van der Waals surface area contributed by atoms with Crippen LogP contribution in [0.1, 0.15) is 6.42 Å². The van der Waals surface area contributed by atoms with E-state index >= 15 is 0 Å². The summed E-state index contributed by atoms with van der Waals surface area (Å²) in [6, 6.07) is 0. The Kier molecular flexibility index (Phi) is 4.64. The molecule has 2 rings (SSSR count).